The van der Waals surface area contributed by atoms with Gasteiger partial charge in [-0.2, -0.15) is 12.6 Å². The van der Waals surface area contributed by atoms with Crippen LogP contribution in [0, 0.1) is 0 Å². The molecular weight excluding hydrogens is 232 g/mol. The fraction of sp³-hybridized carbons (Fsp3) is 0.400. The van der Waals surface area contributed by atoms with Crippen molar-refractivity contribution in [2.45, 2.75) is 11.3 Å². The Labute approximate surface area is 95.8 Å². The predicted octanol–water partition coefficient (Wildman–Crippen LogP) is 1.79. The number of rotatable bonds is 5. The van der Waals surface area contributed by atoms with E-state index in [4.69, 9.17) is 4.74 Å². The number of ether oxygens (including phenoxy) is 1. The molecule has 0 saturated carbocycles. The number of hydrogen-bond donors (Lipinski definition) is 1. The maximum absolute atomic E-state index is 11.2. The highest BCUT2D eigenvalue weighted by atomic mass is 32.2. The van der Waals surface area contributed by atoms with Gasteiger partial charge < -0.3 is 4.74 Å². The molecule has 0 bridgehead atoms. The summed E-state index contributed by atoms with van der Waals surface area (Å²) in [6.45, 7) is 0.599. The summed E-state index contributed by atoms with van der Waals surface area (Å²) in [4.78, 5) is 0.309. The molecule has 0 aliphatic rings. The van der Waals surface area contributed by atoms with E-state index in [0.29, 0.717) is 17.3 Å². The Morgan fingerprint density at radius 3 is 2.33 bits per heavy atom. The Bertz CT molecular complexity index is 395. The quantitative estimate of drug-likeness (QED) is 0.636. The fourth-order valence-corrected chi connectivity index (χ4v) is 1.80. The summed E-state index contributed by atoms with van der Waals surface area (Å²) < 4.78 is 27.7. The SMILES string of the molecule is CS(=O)(=O)c1ccc(OCCCS)cc1. The third-order valence-electron chi connectivity index (χ3n) is 1.82. The first-order valence-corrected chi connectivity index (χ1v) is 7.10. The highest BCUT2D eigenvalue weighted by molar-refractivity contribution is 7.90. The minimum Gasteiger partial charge on any atom is -0.494 e. The van der Waals surface area contributed by atoms with E-state index in [2.05, 4.69) is 12.6 Å². The van der Waals surface area contributed by atoms with Crippen LogP contribution >= 0.6 is 12.6 Å². The Hall–Kier alpha value is -0.680. The molecule has 0 atom stereocenters. The monoisotopic (exact) mass is 246 g/mol. The number of hydrogen-bond acceptors (Lipinski definition) is 4. The lowest BCUT2D eigenvalue weighted by atomic mass is 10.3. The van der Waals surface area contributed by atoms with Gasteiger partial charge in [0.15, 0.2) is 9.84 Å². The van der Waals surface area contributed by atoms with Crippen LogP contribution in [0.5, 0.6) is 5.75 Å². The molecule has 0 radical (unpaired) electrons. The molecule has 1 rings (SSSR count). The van der Waals surface area contributed by atoms with Gasteiger partial charge in [-0.1, -0.05) is 0 Å². The lowest BCUT2D eigenvalue weighted by molar-refractivity contribution is 0.318. The third kappa shape index (κ3) is 4.13. The zero-order chi connectivity index (χ0) is 11.3. The Kier molecular flexibility index (Phi) is 4.47. The van der Waals surface area contributed by atoms with Gasteiger partial charge >= 0.3 is 0 Å². The van der Waals surface area contributed by atoms with Crippen molar-refractivity contribution < 1.29 is 13.2 Å². The number of benzene rings is 1. The zero-order valence-corrected chi connectivity index (χ0v) is 10.2. The molecule has 0 aromatic heterocycles. The molecule has 0 saturated heterocycles. The lowest BCUT2D eigenvalue weighted by Gasteiger charge is -2.05. The normalized spacial score (nSPS) is 11.3. The molecule has 0 fully saturated rings. The smallest absolute Gasteiger partial charge is 0.175 e. The highest BCUT2D eigenvalue weighted by Gasteiger charge is 2.05. The largest absolute Gasteiger partial charge is 0.494 e. The van der Waals surface area contributed by atoms with Gasteiger partial charge in [0, 0.05) is 6.26 Å². The van der Waals surface area contributed by atoms with Gasteiger partial charge in [0.2, 0.25) is 0 Å². The van der Waals surface area contributed by atoms with Crippen molar-refractivity contribution in [3.8, 4) is 5.75 Å². The number of sulfone groups is 1. The topological polar surface area (TPSA) is 43.4 Å². The molecule has 0 unspecified atom stereocenters. The molecule has 5 heteroatoms. The Balaban J connectivity index is 2.65. The summed E-state index contributed by atoms with van der Waals surface area (Å²) in [7, 11) is -3.11. The number of thiol groups is 1. The lowest BCUT2D eigenvalue weighted by Crippen LogP contribution is -1.99. The summed E-state index contributed by atoms with van der Waals surface area (Å²) in [5, 5.41) is 0. The van der Waals surface area contributed by atoms with Crippen LogP contribution in [0.3, 0.4) is 0 Å². The maximum atomic E-state index is 11.2. The second-order valence-electron chi connectivity index (χ2n) is 3.17. The van der Waals surface area contributed by atoms with Crippen LogP contribution < -0.4 is 4.74 Å². The second kappa shape index (κ2) is 5.42. The van der Waals surface area contributed by atoms with Crippen LogP contribution in [-0.2, 0) is 9.84 Å². The van der Waals surface area contributed by atoms with Crippen molar-refractivity contribution in [3.63, 3.8) is 0 Å². The summed E-state index contributed by atoms with van der Waals surface area (Å²) in [6.07, 6.45) is 2.06. The van der Waals surface area contributed by atoms with Gasteiger partial charge in [-0.05, 0) is 36.4 Å². The molecular formula is C10H14O3S2. The molecule has 0 amide bonds. The molecule has 15 heavy (non-hydrogen) atoms. The van der Waals surface area contributed by atoms with Crippen LogP contribution in [0.25, 0.3) is 0 Å². The maximum Gasteiger partial charge on any atom is 0.175 e. The second-order valence-corrected chi connectivity index (χ2v) is 5.63. The zero-order valence-electron chi connectivity index (χ0n) is 8.51. The molecule has 3 nitrogen and oxygen atoms in total. The van der Waals surface area contributed by atoms with E-state index in [9.17, 15) is 8.42 Å². The summed E-state index contributed by atoms with van der Waals surface area (Å²) >= 11 is 4.06. The van der Waals surface area contributed by atoms with Crippen molar-refractivity contribution >= 4 is 22.5 Å². The minimum atomic E-state index is -3.11. The van der Waals surface area contributed by atoms with Crippen molar-refractivity contribution in [2.24, 2.45) is 0 Å². The Morgan fingerprint density at radius 1 is 1.27 bits per heavy atom. The summed E-state index contributed by atoms with van der Waals surface area (Å²) in [5.41, 5.74) is 0. The first-order valence-electron chi connectivity index (χ1n) is 4.58. The molecule has 0 spiro atoms. The van der Waals surface area contributed by atoms with Crippen LogP contribution in [0.15, 0.2) is 29.2 Å². The fourth-order valence-electron chi connectivity index (χ4n) is 1.04. The minimum absolute atomic E-state index is 0.309. The van der Waals surface area contributed by atoms with Crippen molar-refractivity contribution in [2.75, 3.05) is 18.6 Å². The molecule has 1 aromatic carbocycles. The van der Waals surface area contributed by atoms with E-state index in [1.54, 1.807) is 24.3 Å². The summed E-state index contributed by atoms with van der Waals surface area (Å²) in [5.74, 6) is 1.46. The van der Waals surface area contributed by atoms with Gasteiger partial charge in [-0.25, -0.2) is 8.42 Å². The van der Waals surface area contributed by atoms with Gasteiger partial charge in [0.25, 0.3) is 0 Å². The van der Waals surface area contributed by atoms with E-state index >= 15 is 0 Å². The average molecular weight is 246 g/mol. The van der Waals surface area contributed by atoms with Crippen LogP contribution in [0.4, 0.5) is 0 Å². The first kappa shape index (κ1) is 12.4. The van der Waals surface area contributed by atoms with Crippen molar-refractivity contribution in [1.82, 2.24) is 0 Å². The van der Waals surface area contributed by atoms with E-state index in [1.807, 2.05) is 0 Å². The van der Waals surface area contributed by atoms with Gasteiger partial charge in [0.05, 0.1) is 11.5 Å². The molecule has 0 aliphatic carbocycles. The molecule has 84 valence electrons. The van der Waals surface area contributed by atoms with E-state index < -0.39 is 9.84 Å². The van der Waals surface area contributed by atoms with Crippen molar-refractivity contribution in [1.29, 1.82) is 0 Å². The molecule has 0 aliphatic heterocycles. The van der Waals surface area contributed by atoms with E-state index in [1.165, 1.54) is 6.26 Å². The van der Waals surface area contributed by atoms with Crippen LogP contribution in [0.1, 0.15) is 6.42 Å². The van der Waals surface area contributed by atoms with Gasteiger partial charge in [-0.3, -0.25) is 0 Å². The van der Waals surface area contributed by atoms with E-state index in [0.717, 1.165) is 12.2 Å². The Morgan fingerprint density at radius 2 is 1.87 bits per heavy atom. The van der Waals surface area contributed by atoms with Gasteiger partial charge in [-0.15, -0.1) is 0 Å². The third-order valence-corrected chi connectivity index (χ3v) is 3.27. The van der Waals surface area contributed by atoms with Crippen molar-refractivity contribution in [3.05, 3.63) is 24.3 Å². The summed E-state index contributed by atoms with van der Waals surface area (Å²) in [6, 6.07) is 6.42. The predicted molar refractivity (Wildman–Crippen MR) is 63.5 cm³/mol. The van der Waals surface area contributed by atoms with Crippen LogP contribution in [-0.4, -0.2) is 27.0 Å². The molecule has 1 aromatic rings. The first-order chi connectivity index (χ1) is 7.04. The van der Waals surface area contributed by atoms with E-state index in [-0.39, 0.29) is 0 Å². The molecule has 0 heterocycles. The average Bonchev–Trinajstić information content (AvgIpc) is 2.18. The highest BCUT2D eigenvalue weighted by Crippen LogP contribution is 2.15. The van der Waals surface area contributed by atoms with Crippen LogP contribution in [0.2, 0.25) is 0 Å². The standard InChI is InChI=1S/C10H14O3S2/c1-15(11,12)10-5-3-9(4-6-10)13-7-2-8-14/h3-6,14H,2,7-8H2,1H3. The molecule has 0 N–H and O–H groups in total. The van der Waals surface area contributed by atoms with Gasteiger partial charge in [0.1, 0.15) is 5.75 Å².